The minimum Gasteiger partial charge on any atom is -0.462 e. The largest absolute Gasteiger partial charge is 0.472 e. The molecule has 0 aromatic rings. The summed E-state index contributed by atoms with van der Waals surface area (Å²) in [6.07, 6.45) is 29.6. The number of carbonyl (C=O) groups is 3. The van der Waals surface area contributed by atoms with Gasteiger partial charge in [0, 0.05) is 25.2 Å². The van der Waals surface area contributed by atoms with Gasteiger partial charge in [-0.15, -0.1) is 0 Å². The third-order valence-corrected chi connectivity index (χ3v) is 13.9. The molecule has 1 aliphatic carbocycles. The van der Waals surface area contributed by atoms with Crippen LogP contribution in [0.15, 0.2) is 12.2 Å². The molecule has 0 heterocycles. The molecule has 0 amide bonds. The summed E-state index contributed by atoms with van der Waals surface area (Å²) >= 11 is 0. The number of phosphoric acid groups is 2. The van der Waals surface area contributed by atoms with Crippen LogP contribution in [0, 0.1) is 17.8 Å². The summed E-state index contributed by atoms with van der Waals surface area (Å²) in [6.45, 7) is 3.79. The van der Waals surface area contributed by atoms with Crippen LogP contribution in [0.2, 0.25) is 0 Å². The summed E-state index contributed by atoms with van der Waals surface area (Å²) in [5.74, 6) is -1.03. The molecule has 0 aromatic carbocycles. The Morgan fingerprint density at radius 2 is 1.10 bits per heavy atom. The van der Waals surface area contributed by atoms with E-state index < -0.39 is 84.3 Å². The first-order valence-electron chi connectivity index (χ1n) is 26.3. The fourth-order valence-corrected chi connectivity index (χ4v) is 9.60. The monoisotopic (exact) mass is 1010 g/mol. The number of esters is 2. The molecule has 1 unspecified atom stereocenters. The molecule has 6 N–H and O–H groups in total. The normalized spacial score (nSPS) is 18.9. The number of ether oxygens (including phenoxy) is 2. The standard InChI is InChI=1S/C50H94O16P2/c1-4-5-24-30-42(51)34-35-46-45(47(53)36-48(46)54)31-26-22-23-27-32-49(55)62-39-44(40-65-68(60,61)64-38-43(52)37-63-67(57,58)59)66-50(56)33-28-21-19-17-15-13-11-9-7-6-8-10-12-14-16-18-20-25-29-41(2)3/h34-35,41-47,51-53H,4-33,36-40H2,1-3H3,(H,60,61)(H2,57,58,59)/b35-34+/t42-,43-,44+,45+,46+,47-/m0/s1. The van der Waals surface area contributed by atoms with E-state index in [1.807, 2.05) is 0 Å². The summed E-state index contributed by atoms with van der Waals surface area (Å²) < 4.78 is 48.0. The number of hydrogen-bond acceptors (Lipinski definition) is 13. The minimum atomic E-state index is -4.90. The lowest BCUT2D eigenvalue weighted by molar-refractivity contribution is -0.161. The van der Waals surface area contributed by atoms with Crippen molar-refractivity contribution in [1.29, 1.82) is 0 Å². The van der Waals surface area contributed by atoms with Gasteiger partial charge < -0.3 is 39.5 Å². The van der Waals surface area contributed by atoms with Gasteiger partial charge in [0.2, 0.25) is 0 Å². The Morgan fingerprint density at radius 3 is 1.63 bits per heavy atom. The van der Waals surface area contributed by atoms with Crippen LogP contribution in [0.3, 0.4) is 0 Å². The number of phosphoric ester groups is 2. The van der Waals surface area contributed by atoms with Crippen molar-refractivity contribution < 1.29 is 76.6 Å². The molecule has 1 aliphatic rings. The van der Waals surface area contributed by atoms with E-state index in [1.165, 1.54) is 89.9 Å². The highest BCUT2D eigenvalue weighted by Gasteiger charge is 2.39. The van der Waals surface area contributed by atoms with Crippen LogP contribution < -0.4 is 0 Å². The Labute approximate surface area is 409 Å². The van der Waals surface area contributed by atoms with Gasteiger partial charge in [-0.05, 0) is 37.5 Å². The quantitative estimate of drug-likeness (QED) is 0.0143. The number of hydrogen-bond donors (Lipinski definition) is 6. The summed E-state index contributed by atoms with van der Waals surface area (Å²) in [7, 11) is -9.76. The predicted octanol–water partition coefficient (Wildman–Crippen LogP) is 10.9. The van der Waals surface area contributed by atoms with Crippen molar-refractivity contribution in [2.45, 2.75) is 244 Å². The topological polar surface area (TPSA) is 253 Å². The molecule has 16 nitrogen and oxygen atoms in total. The third-order valence-electron chi connectivity index (χ3n) is 12.5. The van der Waals surface area contributed by atoms with Crippen molar-refractivity contribution in [1.82, 2.24) is 0 Å². The molecule has 18 heteroatoms. The molecule has 0 saturated heterocycles. The molecule has 1 saturated carbocycles. The zero-order valence-corrected chi connectivity index (χ0v) is 43.9. The van der Waals surface area contributed by atoms with E-state index in [9.17, 15) is 43.7 Å². The maximum Gasteiger partial charge on any atom is 0.472 e. The fourth-order valence-electron chi connectivity index (χ4n) is 8.44. The summed E-state index contributed by atoms with van der Waals surface area (Å²) in [5.41, 5.74) is 0. The lowest BCUT2D eigenvalue weighted by Gasteiger charge is -2.20. The molecule has 68 heavy (non-hydrogen) atoms. The lowest BCUT2D eigenvalue weighted by Crippen LogP contribution is -2.30. The van der Waals surface area contributed by atoms with E-state index in [0.29, 0.717) is 32.1 Å². The van der Waals surface area contributed by atoms with Crippen LogP contribution in [-0.2, 0) is 46.6 Å². The van der Waals surface area contributed by atoms with Crippen molar-refractivity contribution >= 4 is 33.4 Å². The molecule has 0 bridgehead atoms. The number of allylic oxidation sites excluding steroid dienone is 1. The summed E-state index contributed by atoms with van der Waals surface area (Å²) in [6, 6.07) is 0. The smallest absolute Gasteiger partial charge is 0.462 e. The van der Waals surface area contributed by atoms with Gasteiger partial charge in [0.1, 0.15) is 18.5 Å². The highest BCUT2D eigenvalue weighted by molar-refractivity contribution is 7.47. The second kappa shape index (κ2) is 40.0. The van der Waals surface area contributed by atoms with Gasteiger partial charge in [0.25, 0.3) is 0 Å². The van der Waals surface area contributed by atoms with Gasteiger partial charge in [-0.2, -0.15) is 0 Å². The SMILES string of the molecule is CCCCC[C@H](O)/C=C/[C@H]1C(=O)C[C@H](O)[C@@H]1CCCCCCC(=O)OC[C@H](COP(=O)(O)OC[C@@H](O)COP(=O)(O)O)OC(=O)CCCCCCCCCCCCCCCCCCCCC(C)C. The van der Waals surface area contributed by atoms with Gasteiger partial charge in [0.05, 0.1) is 32.0 Å². The van der Waals surface area contributed by atoms with E-state index in [1.54, 1.807) is 12.2 Å². The Bertz CT molecular complexity index is 1420. The number of Topliss-reactive ketones (excluding diaryl/α,β-unsaturated/α-hetero) is 1. The van der Waals surface area contributed by atoms with E-state index in [-0.39, 0.29) is 31.0 Å². The van der Waals surface area contributed by atoms with Crippen molar-refractivity contribution in [3.8, 4) is 0 Å². The molecule has 1 rings (SSSR count). The van der Waals surface area contributed by atoms with Crippen molar-refractivity contribution in [2.75, 3.05) is 26.4 Å². The highest BCUT2D eigenvalue weighted by Crippen LogP contribution is 2.44. The van der Waals surface area contributed by atoms with Gasteiger partial charge in [-0.1, -0.05) is 187 Å². The van der Waals surface area contributed by atoms with E-state index >= 15 is 0 Å². The number of aliphatic hydroxyl groups is 3. The number of unbranched alkanes of at least 4 members (excludes halogenated alkanes) is 22. The Kier molecular flexibility index (Phi) is 37.9. The Morgan fingerprint density at radius 1 is 0.632 bits per heavy atom. The average Bonchev–Trinajstić information content (AvgIpc) is 3.55. The summed E-state index contributed by atoms with van der Waals surface area (Å²) in [5, 5.41) is 30.6. The van der Waals surface area contributed by atoms with Crippen molar-refractivity contribution in [2.24, 2.45) is 17.8 Å². The maximum atomic E-state index is 12.8. The van der Waals surface area contributed by atoms with Crippen LogP contribution in [0.4, 0.5) is 0 Å². The van der Waals surface area contributed by atoms with Gasteiger partial charge in [0.15, 0.2) is 6.10 Å². The molecular weight excluding hydrogens is 918 g/mol. The van der Waals surface area contributed by atoms with E-state index in [4.69, 9.17) is 28.3 Å². The second-order valence-corrected chi connectivity index (χ2v) is 22.1. The molecule has 0 radical (unpaired) electrons. The molecule has 0 aliphatic heterocycles. The van der Waals surface area contributed by atoms with E-state index in [0.717, 1.165) is 63.7 Å². The Balaban J connectivity index is 2.42. The number of ketones is 1. The first kappa shape index (κ1) is 64.5. The zero-order chi connectivity index (χ0) is 50.5. The van der Waals surface area contributed by atoms with Crippen molar-refractivity contribution in [3.05, 3.63) is 12.2 Å². The molecule has 400 valence electrons. The number of aliphatic hydroxyl groups excluding tert-OH is 3. The highest BCUT2D eigenvalue weighted by atomic mass is 31.2. The Hall–Kier alpha value is -1.55. The average molecular weight is 1010 g/mol. The number of rotatable bonds is 46. The van der Waals surface area contributed by atoms with Crippen LogP contribution >= 0.6 is 15.6 Å². The second-order valence-electron chi connectivity index (χ2n) is 19.4. The molecular formula is C50H94O16P2. The predicted molar refractivity (Wildman–Crippen MR) is 263 cm³/mol. The van der Waals surface area contributed by atoms with Crippen LogP contribution in [0.5, 0.6) is 0 Å². The van der Waals surface area contributed by atoms with E-state index in [2.05, 4.69) is 25.3 Å². The molecule has 1 fully saturated rings. The van der Waals surface area contributed by atoms with Crippen LogP contribution in [-0.4, -0.2) is 98.6 Å². The van der Waals surface area contributed by atoms with Gasteiger partial charge in [-0.3, -0.25) is 28.0 Å². The van der Waals surface area contributed by atoms with Crippen LogP contribution in [0.1, 0.15) is 220 Å². The first-order valence-corrected chi connectivity index (χ1v) is 29.4. The zero-order valence-electron chi connectivity index (χ0n) is 42.1. The maximum absolute atomic E-state index is 12.8. The lowest BCUT2D eigenvalue weighted by atomic mass is 9.88. The van der Waals surface area contributed by atoms with Gasteiger partial charge in [-0.25, -0.2) is 9.13 Å². The molecule has 0 aromatic heterocycles. The van der Waals surface area contributed by atoms with Crippen LogP contribution in [0.25, 0.3) is 0 Å². The minimum absolute atomic E-state index is 0.0262. The van der Waals surface area contributed by atoms with Crippen molar-refractivity contribution in [3.63, 3.8) is 0 Å². The number of carbonyl (C=O) groups excluding carboxylic acids is 3. The molecule has 0 spiro atoms. The summed E-state index contributed by atoms with van der Waals surface area (Å²) in [4.78, 5) is 65.7. The first-order chi connectivity index (χ1) is 32.4. The third kappa shape index (κ3) is 37.3. The van der Waals surface area contributed by atoms with Gasteiger partial charge >= 0.3 is 27.6 Å². The fraction of sp³-hybridized carbons (Fsp3) is 0.900. The molecule has 7 atom stereocenters.